The van der Waals surface area contributed by atoms with Crippen molar-refractivity contribution in [1.82, 2.24) is 9.88 Å². The minimum atomic E-state index is -0.140. The van der Waals surface area contributed by atoms with Crippen LogP contribution in [0.4, 0.5) is 0 Å². The average molecular weight is 411 g/mol. The Hall–Kier alpha value is -2.34. The van der Waals surface area contributed by atoms with Crippen molar-refractivity contribution in [3.05, 3.63) is 47.5 Å². The summed E-state index contributed by atoms with van der Waals surface area (Å²) < 4.78 is 12.4. The predicted molar refractivity (Wildman–Crippen MR) is 116 cm³/mol. The minimum absolute atomic E-state index is 0.140. The maximum Gasteiger partial charge on any atom is 0.196 e. The number of benzene rings is 2. The fourth-order valence-corrected chi connectivity index (χ4v) is 4.24. The molecule has 3 heterocycles. The van der Waals surface area contributed by atoms with E-state index in [0.29, 0.717) is 17.2 Å². The molecule has 1 saturated heterocycles. The molecule has 0 atom stereocenters. The van der Waals surface area contributed by atoms with E-state index in [9.17, 15) is 5.11 Å². The molecule has 0 unspecified atom stereocenters. The van der Waals surface area contributed by atoms with E-state index in [0.717, 1.165) is 72.0 Å². The summed E-state index contributed by atoms with van der Waals surface area (Å²) in [4.78, 5) is 7.19. The molecule has 0 bridgehead atoms. The Bertz CT molecular complexity index is 1170. The first kappa shape index (κ1) is 18.7. The number of pyridine rings is 1. The van der Waals surface area contributed by atoms with E-state index < -0.39 is 0 Å². The molecule has 5 nitrogen and oxygen atoms in total. The highest BCUT2D eigenvalue weighted by Gasteiger charge is 2.19. The summed E-state index contributed by atoms with van der Waals surface area (Å²) in [6.45, 7) is 3.45. The van der Waals surface area contributed by atoms with Gasteiger partial charge in [0.1, 0.15) is 11.1 Å². The van der Waals surface area contributed by atoms with Gasteiger partial charge in [-0.15, -0.1) is 0 Å². The van der Waals surface area contributed by atoms with Gasteiger partial charge < -0.3 is 19.2 Å². The first-order chi connectivity index (χ1) is 14.2. The second-order valence-corrected chi connectivity index (χ2v) is 8.09. The van der Waals surface area contributed by atoms with Crippen LogP contribution in [0, 0.1) is 0 Å². The third kappa shape index (κ3) is 3.66. The largest absolute Gasteiger partial charge is 0.489 e. The van der Waals surface area contributed by atoms with Crippen LogP contribution in [0.2, 0.25) is 5.02 Å². The zero-order valence-electron chi connectivity index (χ0n) is 16.1. The fourth-order valence-electron chi connectivity index (χ4n) is 4.08. The summed E-state index contributed by atoms with van der Waals surface area (Å²) in [5, 5.41) is 12.2. The maximum atomic E-state index is 9.65. The Kier molecular flexibility index (Phi) is 5.04. The highest BCUT2D eigenvalue weighted by Crippen LogP contribution is 2.39. The van der Waals surface area contributed by atoms with Crippen LogP contribution >= 0.6 is 11.6 Å². The topological polar surface area (TPSA) is 58.7 Å². The Morgan fingerprint density at radius 2 is 1.97 bits per heavy atom. The van der Waals surface area contributed by atoms with Crippen LogP contribution < -0.4 is 4.74 Å². The molecule has 5 rings (SSSR count). The van der Waals surface area contributed by atoms with E-state index >= 15 is 0 Å². The van der Waals surface area contributed by atoms with Crippen LogP contribution in [-0.4, -0.2) is 47.3 Å². The van der Waals surface area contributed by atoms with Crippen molar-refractivity contribution in [3.63, 3.8) is 0 Å². The average Bonchev–Trinajstić information content (AvgIpc) is 3.10. The number of hydrogen-bond donors (Lipinski definition) is 1. The fraction of sp³-hybridized carbons (Fsp3) is 0.348. The van der Waals surface area contributed by atoms with Crippen LogP contribution in [0.25, 0.3) is 33.0 Å². The number of aromatic nitrogens is 1. The van der Waals surface area contributed by atoms with Crippen LogP contribution in [0.1, 0.15) is 19.3 Å². The molecule has 0 amide bonds. The van der Waals surface area contributed by atoms with Gasteiger partial charge in [-0.25, -0.2) is 4.98 Å². The van der Waals surface area contributed by atoms with Gasteiger partial charge in [0.25, 0.3) is 0 Å². The van der Waals surface area contributed by atoms with Crippen LogP contribution in [0.3, 0.4) is 0 Å². The van der Waals surface area contributed by atoms with Crippen molar-refractivity contribution in [2.24, 2.45) is 0 Å². The number of ether oxygens (including phenoxy) is 1. The first-order valence-corrected chi connectivity index (χ1v) is 10.5. The number of fused-ring (bicyclic) bond motifs is 4. The Labute approximate surface area is 173 Å². The lowest BCUT2D eigenvalue weighted by Gasteiger charge is -2.29. The number of rotatable bonds is 5. The summed E-state index contributed by atoms with van der Waals surface area (Å²) in [5.74, 6) is 0.729. The molecule has 1 fully saturated rings. The lowest BCUT2D eigenvalue weighted by Crippen LogP contribution is -2.36. The third-order valence-corrected chi connectivity index (χ3v) is 5.87. The van der Waals surface area contributed by atoms with Gasteiger partial charge in [-0.3, -0.25) is 0 Å². The van der Waals surface area contributed by atoms with Crippen LogP contribution in [-0.2, 0) is 0 Å². The van der Waals surface area contributed by atoms with E-state index in [4.69, 9.17) is 25.7 Å². The van der Waals surface area contributed by atoms with E-state index in [-0.39, 0.29) is 6.10 Å². The van der Waals surface area contributed by atoms with Gasteiger partial charge in [0.05, 0.1) is 18.2 Å². The van der Waals surface area contributed by atoms with Gasteiger partial charge >= 0.3 is 0 Å². The maximum absolute atomic E-state index is 9.65. The summed E-state index contributed by atoms with van der Waals surface area (Å²) in [5.41, 5.74) is 3.09. The molecule has 0 saturated carbocycles. The summed E-state index contributed by atoms with van der Waals surface area (Å²) in [6, 6.07) is 13.6. The van der Waals surface area contributed by atoms with Gasteiger partial charge in [-0.2, -0.15) is 0 Å². The second-order valence-electron chi connectivity index (χ2n) is 7.65. The van der Waals surface area contributed by atoms with Crippen molar-refractivity contribution in [2.45, 2.75) is 25.4 Å². The quantitative estimate of drug-likeness (QED) is 0.468. The molecule has 6 heteroatoms. The van der Waals surface area contributed by atoms with Crippen molar-refractivity contribution in [2.75, 3.05) is 26.2 Å². The molecule has 2 aromatic carbocycles. The van der Waals surface area contributed by atoms with Gasteiger partial charge in [0, 0.05) is 35.4 Å². The molecular weight excluding hydrogens is 388 g/mol. The Morgan fingerprint density at radius 1 is 1.14 bits per heavy atom. The predicted octanol–water partition coefficient (Wildman–Crippen LogP) is 5.01. The number of aliphatic hydroxyl groups excluding tert-OH is 1. The molecular formula is C23H23ClN2O3. The monoisotopic (exact) mass is 410 g/mol. The zero-order chi connectivity index (χ0) is 19.8. The molecule has 4 aromatic rings. The molecule has 1 N–H and O–H groups in total. The number of para-hydroxylation sites is 1. The first-order valence-electron chi connectivity index (χ1n) is 10.1. The standard InChI is InChI=1S/C23H23ClN2O3/c24-15-6-7-17-19(14-15)25-21-18-4-1-2-5-20(18)29-23(21)22(17)28-13-3-10-26-11-8-16(27)9-12-26/h1-2,4-7,14,16,27H,3,8-13H2. The molecule has 1 aliphatic rings. The summed E-state index contributed by atoms with van der Waals surface area (Å²) in [7, 11) is 0. The lowest BCUT2D eigenvalue weighted by molar-refractivity contribution is 0.0800. The number of aliphatic hydroxyl groups is 1. The molecule has 150 valence electrons. The van der Waals surface area contributed by atoms with Crippen molar-refractivity contribution >= 4 is 44.6 Å². The van der Waals surface area contributed by atoms with Crippen molar-refractivity contribution < 1.29 is 14.3 Å². The van der Waals surface area contributed by atoms with E-state index in [2.05, 4.69) is 4.90 Å². The Morgan fingerprint density at radius 3 is 2.83 bits per heavy atom. The molecule has 29 heavy (non-hydrogen) atoms. The second kappa shape index (κ2) is 7.82. The van der Waals surface area contributed by atoms with Gasteiger partial charge in [-0.1, -0.05) is 23.7 Å². The van der Waals surface area contributed by atoms with Crippen molar-refractivity contribution in [1.29, 1.82) is 0 Å². The highest BCUT2D eigenvalue weighted by molar-refractivity contribution is 6.31. The van der Waals surface area contributed by atoms with Gasteiger partial charge in [0.15, 0.2) is 11.3 Å². The number of likely N-dealkylation sites (tertiary alicyclic amines) is 1. The number of hydrogen-bond acceptors (Lipinski definition) is 5. The lowest BCUT2D eigenvalue weighted by atomic mass is 10.1. The molecule has 0 aliphatic carbocycles. The van der Waals surface area contributed by atoms with Gasteiger partial charge in [-0.05, 0) is 49.6 Å². The number of nitrogens with zero attached hydrogens (tertiary/aromatic N) is 2. The van der Waals surface area contributed by atoms with Crippen LogP contribution in [0.15, 0.2) is 46.9 Å². The van der Waals surface area contributed by atoms with Gasteiger partial charge in [0.2, 0.25) is 0 Å². The molecule has 2 aromatic heterocycles. The molecule has 0 spiro atoms. The van der Waals surface area contributed by atoms with E-state index in [1.54, 1.807) is 0 Å². The number of furan rings is 1. The molecule has 0 radical (unpaired) electrons. The number of piperidine rings is 1. The smallest absolute Gasteiger partial charge is 0.196 e. The summed E-state index contributed by atoms with van der Waals surface area (Å²) in [6.07, 6.45) is 2.49. The van der Waals surface area contributed by atoms with E-state index in [1.165, 1.54) is 0 Å². The van der Waals surface area contributed by atoms with Crippen molar-refractivity contribution in [3.8, 4) is 5.75 Å². The summed E-state index contributed by atoms with van der Waals surface area (Å²) >= 11 is 6.21. The number of halogens is 1. The third-order valence-electron chi connectivity index (χ3n) is 5.63. The van der Waals surface area contributed by atoms with Crippen LogP contribution in [0.5, 0.6) is 5.75 Å². The highest BCUT2D eigenvalue weighted by atomic mass is 35.5. The van der Waals surface area contributed by atoms with E-state index in [1.807, 2.05) is 42.5 Å². The SMILES string of the molecule is OC1CCN(CCCOc2c3ccc(Cl)cc3nc3c2oc2ccccc23)CC1. The zero-order valence-corrected chi connectivity index (χ0v) is 16.9. The normalized spacial score (nSPS) is 16.2. The molecule has 1 aliphatic heterocycles. The Balaban J connectivity index is 1.44. The minimum Gasteiger partial charge on any atom is -0.489 e.